The molecule has 1 aromatic carbocycles. The molecule has 2 nitrogen and oxygen atoms in total. The fourth-order valence-electron chi connectivity index (χ4n) is 2.46. The fraction of sp³-hybridized carbons (Fsp3) is 0.571. The fourth-order valence-corrected chi connectivity index (χ4v) is 2.46. The Balaban J connectivity index is 1.89. The molecular formula is C14H19F2NO. The van der Waals surface area contributed by atoms with E-state index in [4.69, 9.17) is 0 Å². The summed E-state index contributed by atoms with van der Waals surface area (Å²) in [6, 6.07) is 9.57. The van der Waals surface area contributed by atoms with Gasteiger partial charge >= 0.3 is 0 Å². The molecule has 0 amide bonds. The van der Waals surface area contributed by atoms with Gasteiger partial charge in [0.15, 0.2) is 0 Å². The van der Waals surface area contributed by atoms with Crippen molar-refractivity contribution in [2.75, 3.05) is 19.7 Å². The number of alkyl halides is 2. The van der Waals surface area contributed by atoms with Gasteiger partial charge in [-0.15, -0.1) is 0 Å². The first kappa shape index (κ1) is 13.4. The van der Waals surface area contributed by atoms with Gasteiger partial charge < -0.3 is 5.11 Å². The van der Waals surface area contributed by atoms with Crippen LogP contribution in [0.3, 0.4) is 0 Å². The Bertz CT molecular complexity index is 369. The molecule has 1 saturated heterocycles. The van der Waals surface area contributed by atoms with Crippen molar-refractivity contribution >= 4 is 0 Å². The van der Waals surface area contributed by atoms with Crippen molar-refractivity contribution < 1.29 is 13.9 Å². The Hall–Kier alpha value is -1.00. The van der Waals surface area contributed by atoms with Crippen LogP contribution in [0.5, 0.6) is 0 Å². The maximum Gasteiger partial charge on any atom is 0.250 e. The number of hydrogen-bond donors (Lipinski definition) is 1. The lowest BCUT2D eigenvalue weighted by molar-refractivity contribution is -0.0868. The number of aliphatic hydroxyl groups is 1. The summed E-state index contributed by atoms with van der Waals surface area (Å²) in [4.78, 5) is 1.98. The van der Waals surface area contributed by atoms with E-state index in [9.17, 15) is 13.9 Å². The molecule has 0 saturated carbocycles. The second kappa shape index (κ2) is 5.76. The average molecular weight is 255 g/mol. The largest absolute Gasteiger partial charge is 0.395 e. The second-order valence-electron chi connectivity index (χ2n) is 4.92. The van der Waals surface area contributed by atoms with E-state index in [0.29, 0.717) is 6.54 Å². The van der Waals surface area contributed by atoms with Crippen LogP contribution in [-0.2, 0) is 6.42 Å². The molecule has 0 bridgehead atoms. The SMILES string of the molecule is OC[C@@H]1CC(F)(F)CCN1CCc1ccccc1. The average Bonchev–Trinajstić information content (AvgIpc) is 2.37. The number of nitrogens with zero attached hydrogens (tertiary/aromatic N) is 1. The quantitative estimate of drug-likeness (QED) is 0.892. The molecule has 100 valence electrons. The third-order valence-corrected chi connectivity index (χ3v) is 3.56. The van der Waals surface area contributed by atoms with Gasteiger partial charge in [-0.3, -0.25) is 4.90 Å². The molecule has 0 radical (unpaired) electrons. The van der Waals surface area contributed by atoms with Crippen LogP contribution < -0.4 is 0 Å². The summed E-state index contributed by atoms with van der Waals surface area (Å²) in [6.07, 6.45) is 0.513. The van der Waals surface area contributed by atoms with E-state index >= 15 is 0 Å². The van der Waals surface area contributed by atoms with Crippen molar-refractivity contribution in [1.29, 1.82) is 0 Å². The third kappa shape index (κ3) is 3.50. The Kier molecular flexibility index (Phi) is 4.30. The van der Waals surface area contributed by atoms with E-state index in [1.165, 1.54) is 5.56 Å². The molecule has 0 aliphatic carbocycles. The van der Waals surface area contributed by atoms with Crippen LogP contribution in [0.15, 0.2) is 30.3 Å². The Morgan fingerprint density at radius 3 is 2.67 bits per heavy atom. The number of aliphatic hydroxyl groups excluding tert-OH is 1. The number of piperidine rings is 1. The first-order valence-electron chi connectivity index (χ1n) is 6.37. The number of halogens is 2. The van der Waals surface area contributed by atoms with Crippen LogP contribution >= 0.6 is 0 Å². The molecule has 0 aromatic heterocycles. The van der Waals surface area contributed by atoms with E-state index in [2.05, 4.69) is 0 Å². The summed E-state index contributed by atoms with van der Waals surface area (Å²) >= 11 is 0. The molecule has 1 aliphatic heterocycles. The van der Waals surface area contributed by atoms with Gasteiger partial charge in [-0.25, -0.2) is 8.78 Å². The molecule has 1 atom stereocenters. The van der Waals surface area contributed by atoms with E-state index in [1.54, 1.807) is 0 Å². The summed E-state index contributed by atoms with van der Waals surface area (Å²) in [7, 11) is 0. The highest BCUT2D eigenvalue weighted by Crippen LogP contribution is 2.31. The van der Waals surface area contributed by atoms with Crippen LogP contribution in [0.4, 0.5) is 8.78 Å². The van der Waals surface area contributed by atoms with Crippen molar-refractivity contribution in [2.24, 2.45) is 0 Å². The zero-order chi connectivity index (χ0) is 13.0. The first-order valence-corrected chi connectivity index (χ1v) is 6.37. The smallest absolute Gasteiger partial charge is 0.250 e. The van der Waals surface area contributed by atoms with E-state index in [0.717, 1.165) is 13.0 Å². The maximum atomic E-state index is 13.2. The predicted molar refractivity (Wildman–Crippen MR) is 66.8 cm³/mol. The second-order valence-corrected chi connectivity index (χ2v) is 4.92. The minimum absolute atomic E-state index is 0.0989. The lowest BCUT2D eigenvalue weighted by Gasteiger charge is -2.38. The summed E-state index contributed by atoms with van der Waals surface area (Å²) in [5, 5.41) is 9.22. The lowest BCUT2D eigenvalue weighted by atomic mass is 9.98. The van der Waals surface area contributed by atoms with E-state index in [-0.39, 0.29) is 19.4 Å². The number of benzene rings is 1. The molecule has 1 aromatic rings. The predicted octanol–water partition coefficient (Wildman–Crippen LogP) is 2.32. The standard InChI is InChI=1S/C14H19F2NO/c15-14(16)7-9-17(13(10-14)11-18)8-6-12-4-2-1-3-5-12/h1-5,13,18H,6-11H2/t13-/m0/s1. The van der Waals surface area contributed by atoms with E-state index < -0.39 is 12.0 Å². The zero-order valence-electron chi connectivity index (χ0n) is 10.4. The molecule has 4 heteroatoms. The highest BCUT2D eigenvalue weighted by atomic mass is 19.3. The van der Waals surface area contributed by atoms with Crippen LogP contribution in [0.25, 0.3) is 0 Å². The molecule has 0 unspecified atom stereocenters. The minimum atomic E-state index is -2.61. The van der Waals surface area contributed by atoms with Gasteiger partial charge in [0.2, 0.25) is 0 Å². The number of hydrogen-bond acceptors (Lipinski definition) is 2. The normalized spacial score (nSPS) is 24.1. The molecule has 2 rings (SSSR count). The van der Waals surface area contributed by atoms with Crippen molar-refractivity contribution in [1.82, 2.24) is 4.90 Å². The van der Waals surface area contributed by atoms with Crippen molar-refractivity contribution in [3.63, 3.8) is 0 Å². The van der Waals surface area contributed by atoms with Crippen LogP contribution in [0.1, 0.15) is 18.4 Å². The summed E-state index contributed by atoms with van der Waals surface area (Å²) in [5.41, 5.74) is 1.20. The van der Waals surface area contributed by atoms with Crippen LogP contribution in [0, 0.1) is 0 Å². The van der Waals surface area contributed by atoms with E-state index in [1.807, 2.05) is 35.2 Å². The minimum Gasteiger partial charge on any atom is -0.395 e. The van der Waals surface area contributed by atoms with Gasteiger partial charge in [0.05, 0.1) is 6.61 Å². The zero-order valence-corrected chi connectivity index (χ0v) is 10.4. The Morgan fingerprint density at radius 2 is 2.00 bits per heavy atom. The summed E-state index contributed by atoms with van der Waals surface area (Å²) in [5.74, 6) is -2.61. The highest BCUT2D eigenvalue weighted by molar-refractivity contribution is 5.15. The molecule has 1 aliphatic rings. The topological polar surface area (TPSA) is 23.5 Å². The third-order valence-electron chi connectivity index (χ3n) is 3.56. The van der Waals surface area contributed by atoms with Crippen molar-refractivity contribution in [2.45, 2.75) is 31.2 Å². The molecule has 18 heavy (non-hydrogen) atoms. The first-order chi connectivity index (χ1) is 8.61. The van der Waals surface area contributed by atoms with Gasteiger partial charge in [-0.05, 0) is 12.0 Å². The highest BCUT2D eigenvalue weighted by Gasteiger charge is 2.39. The number of rotatable bonds is 4. The van der Waals surface area contributed by atoms with Crippen molar-refractivity contribution in [3.8, 4) is 0 Å². The van der Waals surface area contributed by atoms with Crippen LogP contribution in [-0.4, -0.2) is 41.7 Å². The van der Waals surface area contributed by atoms with Gasteiger partial charge in [-0.1, -0.05) is 30.3 Å². The molecule has 1 N–H and O–H groups in total. The Morgan fingerprint density at radius 1 is 1.28 bits per heavy atom. The van der Waals surface area contributed by atoms with Gasteiger partial charge in [0, 0.05) is 32.0 Å². The van der Waals surface area contributed by atoms with Crippen molar-refractivity contribution in [3.05, 3.63) is 35.9 Å². The summed E-state index contributed by atoms with van der Waals surface area (Å²) in [6.45, 7) is 0.904. The Labute approximate surface area is 106 Å². The molecule has 1 heterocycles. The van der Waals surface area contributed by atoms with Crippen LogP contribution in [0.2, 0.25) is 0 Å². The summed E-state index contributed by atoms with van der Waals surface area (Å²) < 4.78 is 26.5. The lowest BCUT2D eigenvalue weighted by Crippen LogP contribution is -2.49. The number of likely N-dealkylation sites (tertiary alicyclic amines) is 1. The molecule has 1 fully saturated rings. The monoisotopic (exact) mass is 255 g/mol. The van der Waals surface area contributed by atoms with Gasteiger partial charge in [0.25, 0.3) is 5.92 Å². The maximum absolute atomic E-state index is 13.2. The van der Waals surface area contributed by atoms with Gasteiger partial charge in [0.1, 0.15) is 0 Å². The van der Waals surface area contributed by atoms with Gasteiger partial charge in [-0.2, -0.15) is 0 Å². The molecule has 0 spiro atoms. The molecular weight excluding hydrogens is 236 g/mol.